The zero-order valence-electron chi connectivity index (χ0n) is 10.5. The molecule has 1 aromatic rings. The zero-order valence-corrected chi connectivity index (χ0v) is 12.1. The van der Waals surface area contributed by atoms with E-state index in [9.17, 15) is 9.59 Å². The molecule has 0 aliphatic rings. The second kappa shape index (κ2) is 6.00. The molecular formula is C13H16BrNO3. The number of carboxylic acids is 1. The van der Waals surface area contributed by atoms with E-state index in [1.54, 1.807) is 19.9 Å². The molecule has 0 fully saturated rings. The summed E-state index contributed by atoms with van der Waals surface area (Å²) >= 11 is 3.33. The quantitative estimate of drug-likeness (QED) is 0.898. The molecule has 0 radical (unpaired) electrons. The molecule has 0 saturated carbocycles. The fraction of sp³-hybridized carbons (Fsp3) is 0.385. The van der Waals surface area contributed by atoms with Gasteiger partial charge >= 0.3 is 5.97 Å². The monoisotopic (exact) mass is 313 g/mol. The molecule has 0 spiro atoms. The highest BCUT2D eigenvalue weighted by Crippen LogP contribution is 2.18. The van der Waals surface area contributed by atoms with Gasteiger partial charge in [-0.3, -0.25) is 9.59 Å². The fourth-order valence-corrected chi connectivity index (χ4v) is 2.10. The summed E-state index contributed by atoms with van der Waals surface area (Å²) in [5.41, 5.74) is 1.55. The third kappa shape index (κ3) is 3.57. The van der Waals surface area contributed by atoms with Crippen LogP contribution in [0.15, 0.2) is 22.7 Å². The molecule has 18 heavy (non-hydrogen) atoms. The first-order valence-electron chi connectivity index (χ1n) is 5.62. The Hall–Kier alpha value is -1.36. The van der Waals surface area contributed by atoms with Crippen molar-refractivity contribution in [3.05, 3.63) is 33.8 Å². The van der Waals surface area contributed by atoms with Gasteiger partial charge in [0.05, 0.1) is 11.5 Å². The summed E-state index contributed by atoms with van der Waals surface area (Å²) in [5, 5.41) is 11.6. The van der Waals surface area contributed by atoms with Gasteiger partial charge < -0.3 is 10.4 Å². The average Bonchev–Trinajstić information content (AvgIpc) is 2.27. The molecule has 0 aliphatic heterocycles. The van der Waals surface area contributed by atoms with Crippen molar-refractivity contribution >= 4 is 27.8 Å². The number of aliphatic carboxylic acids is 1. The number of rotatable bonds is 4. The fourth-order valence-electron chi connectivity index (χ4n) is 1.43. The van der Waals surface area contributed by atoms with E-state index >= 15 is 0 Å². The smallest absolute Gasteiger partial charge is 0.308 e. The van der Waals surface area contributed by atoms with Crippen molar-refractivity contribution in [2.45, 2.75) is 26.8 Å². The number of carboxylic acid groups (broad SMARTS) is 1. The second-order valence-electron chi connectivity index (χ2n) is 4.37. The van der Waals surface area contributed by atoms with Gasteiger partial charge in [0, 0.05) is 10.5 Å². The van der Waals surface area contributed by atoms with E-state index in [1.807, 2.05) is 19.1 Å². The lowest BCUT2D eigenvalue weighted by Crippen LogP contribution is -2.40. The van der Waals surface area contributed by atoms with Gasteiger partial charge in [0.1, 0.15) is 0 Å². The normalized spacial score (nSPS) is 13.8. The molecule has 0 aromatic heterocycles. The van der Waals surface area contributed by atoms with E-state index in [4.69, 9.17) is 5.11 Å². The molecule has 0 bridgehead atoms. The zero-order chi connectivity index (χ0) is 13.9. The van der Waals surface area contributed by atoms with Gasteiger partial charge in [-0.05, 0) is 54.4 Å². The molecule has 0 heterocycles. The van der Waals surface area contributed by atoms with E-state index in [0.717, 1.165) is 5.56 Å². The maximum absolute atomic E-state index is 12.0. The molecule has 5 heteroatoms. The van der Waals surface area contributed by atoms with Crippen LogP contribution in [-0.2, 0) is 4.79 Å². The molecule has 2 N–H and O–H groups in total. The van der Waals surface area contributed by atoms with E-state index in [-0.39, 0.29) is 5.91 Å². The van der Waals surface area contributed by atoms with Crippen molar-refractivity contribution in [2.75, 3.05) is 0 Å². The number of halogens is 1. The van der Waals surface area contributed by atoms with Crippen LogP contribution in [0.5, 0.6) is 0 Å². The molecule has 0 aliphatic carbocycles. The Morgan fingerprint density at radius 2 is 1.94 bits per heavy atom. The Morgan fingerprint density at radius 3 is 2.44 bits per heavy atom. The maximum atomic E-state index is 12.0. The van der Waals surface area contributed by atoms with Gasteiger partial charge in [-0.1, -0.05) is 6.07 Å². The molecule has 2 atom stereocenters. The number of aryl methyl sites for hydroxylation is 1. The van der Waals surface area contributed by atoms with Crippen LogP contribution in [0.3, 0.4) is 0 Å². The van der Waals surface area contributed by atoms with Gasteiger partial charge in [0.15, 0.2) is 0 Å². The van der Waals surface area contributed by atoms with E-state index in [0.29, 0.717) is 10.0 Å². The number of amides is 1. The van der Waals surface area contributed by atoms with Crippen LogP contribution in [0.1, 0.15) is 29.8 Å². The lowest BCUT2D eigenvalue weighted by Gasteiger charge is -2.18. The number of nitrogens with one attached hydrogen (secondary N) is 1. The molecule has 1 aromatic carbocycles. The van der Waals surface area contributed by atoms with Crippen molar-refractivity contribution in [1.29, 1.82) is 0 Å². The van der Waals surface area contributed by atoms with Gasteiger partial charge in [0.2, 0.25) is 0 Å². The summed E-state index contributed by atoms with van der Waals surface area (Å²) in [6, 6.07) is 4.97. The number of carbonyl (C=O) groups excluding carboxylic acids is 1. The van der Waals surface area contributed by atoms with Gasteiger partial charge in [0.25, 0.3) is 5.91 Å². The Bertz CT molecular complexity index is 473. The minimum Gasteiger partial charge on any atom is -0.481 e. The molecule has 98 valence electrons. The van der Waals surface area contributed by atoms with Crippen molar-refractivity contribution in [2.24, 2.45) is 5.92 Å². The lowest BCUT2D eigenvalue weighted by atomic mass is 10.0. The number of benzene rings is 1. The number of carbonyl (C=O) groups is 2. The van der Waals surface area contributed by atoms with Crippen LogP contribution in [0.25, 0.3) is 0 Å². The van der Waals surface area contributed by atoms with Crippen LogP contribution in [0, 0.1) is 12.8 Å². The largest absolute Gasteiger partial charge is 0.481 e. The van der Waals surface area contributed by atoms with Crippen molar-refractivity contribution in [3.63, 3.8) is 0 Å². The Morgan fingerprint density at radius 1 is 1.33 bits per heavy atom. The SMILES string of the molecule is Cc1ccc(C(=O)NC(C)C(C)C(=O)O)c(Br)c1. The molecule has 2 unspecified atom stereocenters. The van der Waals surface area contributed by atoms with Gasteiger partial charge in [-0.25, -0.2) is 0 Å². The van der Waals surface area contributed by atoms with Crippen LogP contribution in [0.2, 0.25) is 0 Å². The predicted molar refractivity (Wildman–Crippen MR) is 72.6 cm³/mol. The van der Waals surface area contributed by atoms with Crippen LogP contribution in [0.4, 0.5) is 0 Å². The molecule has 4 nitrogen and oxygen atoms in total. The number of hydrogen-bond acceptors (Lipinski definition) is 2. The summed E-state index contributed by atoms with van der Waals surface area (Å²) in [6.45, 7) is 5.18. The first-order chi connectivity index (χ1) is 8.32. The van der Waals surface area contributed by atoms with Crippen LogP contribution >= 0.6 is 15.9 Å². The molecule has 1 rings (SSSR count). The van der Waals surface area contributed by atoms with Gasteiger partial charge in [-0.15, -0.1) is 0 Å². The number of hydrogen-bond donors (Lipinski definition) is 2. The second-order valence-corrected chi connectivity index (χ2v) is 5.23. The summed E-state index contributed by atoms with van der Waals surface area (Å²) in [7, 11) is 0. The van der Waals surface area contributed by atoms with E-state index in [1.165, 1.54) is 0 Å². The Balaban J connectivity index is 2.79. The molecule has 0 saturated heterocycles. The topological polar surface area (TPSA) is 66.4 Å². The van der Waals surface area contributed by atoms with Crippen LogP contribution < -0.4 is 5.32 Å². The summed E-state index contributed by atoms with van der Waals surface area (Å²) in [4.78, 5) is 22.8. The van der Waals surface area contributed by atoms with Crippen molar-refractivity contribution in [3.8, 4) is 0 Å². The minimum atomic E-state index is -0.925. The highest BCUT2D eigenvalue weighted by molar-refractivity contribution is 9.10. The lowest BCUT2D eigenvalue weighted by molar-refractivity contribution is -0.141. The maximum Gasteiger partial charge on any atom is 0.308 e. The molecule has 1 amide bonds. The Labute approximate surface area is 115 Å². The first kappa shape index (κ1) is 14.7. The highest BCUT2D eigenvalue weighted by atomic mass is 79.9. The highest BCUT2D eigenvalue weighted by Gasteiger charge is 2.22. The summed E-state index contributed by atoms with van der Waals surface area (Å²) in [6.07, 6.45) is 0. The standard InChI is InChI=1S/C13H16BrNO3/c1-7-4-5-10(11(14)6-7)12(16)15-9(3)8(2)13(17)18/h4-6,8-9H,1-3H3,(H,15,16)(H,17,18). The first-order valence-corrected chi connectivity index (χ1v) is 6.42. The van der Waals surface area contributed by atoms with Crippen LogP contribution in [-0.4, -0.2) is 23.0 Å². The third-order valence-corrected chi connectivity index (χ3v) is 3.52. The summed E-state index contributed by atoms with van der Waals surface area (Å²) < 4.78 is 0.704. The van der Waals surface area contributed by atoms with E-state index < -0.39 is 17.9 Å². The Kier molecular flexibility index (Phi) is 4.90. The van der Waals surface area contributed by atoms with Crippen molar-refractivity contribution in [1.82, 2.24) is 5.32 Å². The third-order valence-electron chi connectivity index (χ3n) is 2.87. The van der Waals surface area contributed by atoms with Crippen molar-refractivity contribution < 1.29 is 14.7 Å². The molecular weight excluding hydrogens is 298 g/mol. The predicted octanol–water partition coefficient (Wildman–Crippen LogP) is 2.60. The average molecular weight is 314 g/mol. The van der Waals surface area contributed by atoms with E-state index in [2.05, 4.69) is 21.2 Å². The minimum absolute atomic E-state index is 0.275. The van der Waals surface area contributed by atoms with Gasteiger partial charge in [-0.2, -0.15) is 0 Å². The summed E-state index contributed by atoms with van der Waals surface area (Å²) in [5.74, 6) is -1.83.